The van der Waals surface area contributed by atoms with Crippen molar-refractivity contribution in [1.29, 1.82) is 0 Å². The molecule has 0 saturated heterocycles. The molecule has 3 aromatic rings. The number of carbonyl (C=O) groups excluding carboxylic acids is 2. The number of nitrogens with one attached hydrogen (secondary N) is 2. The Morgan fingerprint density at radius 2 is 1.61 bits per heavy atom. The minimum Gasteiger partial charge on any atom is -0.410 e. The average Bonchev–Trinajstić information content (AvgIpc) is 2.79. The summed E-state index contributed by atoms with van der Waals surface area (Å²) in [5.41, 5.74) is 1.80. The number of ether oxygens (including phenoxy) is 1. The van der Waals surface area contributed by atoms with Crippen molar-refractivity contribution >= 4 is 17.6 Å². The molecule has 0 heterocycles. The van der Waals surface area contributed by atoms with Gasteiger partial charge >= 0.3 is 6.09 Å². The standard InChI is InChI=1S/C25H26N2O4/c1-18(24(29)19-9-4-2-5-10-19)26-16-15-23(28)20-11-8-12-21(17-20)27-25(30)31-22-13-6-3-7-14-22/h2-14,17-18,24,26,29H,15-16H2,1H3,(H,27,30). The number of anilines is 1. The van der Waals surface area contributed by atoms with Crippen molar-refractivity contribution in [1.82, 2.24) is 5.32 Å². The van der Waals surface area contributed by atoms with Crippen LogP contribution < -0.4 is 15.4 Å². The molecule has 0 aliphatic heterocycles. The number of para-hydroxylation sites is 1. The van der Waals surface area contributed by atoms with Gasteiger partial charge in [-0.05, 0) is 36.8 Å². The molecule has 3 aromatic carbocycles. The molecule has 160 valence electrons. The Balaban J connectivity index is 1.49. The maximum Gasteiger partial charge on any atom is 0.417 e. The summed E-state index contributed by atoms with van der Waals surface area (Å²) in [6.07, 6.45) is -1.01. The van der Waals surface area contributed by atoms with Crippen molar-refractivity contribution in [3.8, 4) is 5.75 Å². The van der Waals surface area contributed by atoms with Crippen LogP contribution in [-0.4, -0.2) is 29.6 Å². The number of Topliss-reactive ketones (excluding diaryl/α,β-unsaturated/α-hetero) is 1. The second kappa shape index (κ2) is 11.1. The lowest BCUT2D eigenvalue weighted by molar-refractivity contribution is 0.0972. The summed E-state index contributed by atoms with van der Waals surface area (Å²) in [6.45, 7) is 2.31. The van der Waals surface area contributed by atoms with Gasteiger partial charge < -0.3 is 15.2 Å². The summed E-state index contributed by atoms with van der Waals surface area (Å²) in [5.74, 6) is 0.374. The Kier molecular flexibility index (Phi) is 7.92. The van der Waals surface area contributed by atoms with Crippen molar-refractivity contribution in [2.75, 3.05) is 11.9 Å². The Labute approximate surface area is 181 Å². The van der Waals surface area contributed by atoms with E-state index in [2.05, 4.69) is 10.6 Å². The molecular weight excluding hydrogens is 392 g/mol. The summed E-state index contributed by atoms with van der Waals surface area (Å²) in [7, 11) is 0. The second-order valence-corrected chi connectivity index (χ2v) is 7.18. The molecule has 3 N–H and O–H groups in total. The highest BCUT2D eigenvalue weighted by Gasteiger charge is 2.16. The minimum atomic E-state index is -0.653. The number of ketones is 1. The maximum absolute atomic E-state index is 12.5. The van der Waals surface area contributed by atoms with E-state index in [1.165, 1.54) is 0 Å². The summed E-state index contributed by atoms with van der Waals surface area (Å²) >= 11 is 0. The lowest BCUT2D eigenvalue weighted by atomic mass is 10.0. The molecule has 2 atom stereocenters. The number of hydrogen-bond donors (Lipinski definition) is 3. The first-order valence-corrected chi connectivity index (χ1v) is 10.2. The molecule has 1 amide bonds. The van der Waals surface area contributed by atoms with Crippen LogP contribution in [0, 0.1) is 0 Å². The van der Waals surface area contributed by atoms with Gasteiger partial charge in [0.25, 0.3) is 0 Å². The fourth-order valence-electron chi connectivity index (χ4n) is 3.12. The lowest BCUT2D eigenvalue weighted by Crippen LogP contribution is -2.33. The molecule has 0 aromatic heterocycles. The number of rotatable bonds is 9. The van der Waals surface area contributed by atoms with E-state index < -0.39 is 12.2 Å². The maximum atomic E-state index is 12.5. The Morgan fingerprint density at radius 3 is 2.32 bits per heavy atom. The molecular formula is C25H26N2O4. The summed E-state index contributed by atoms with van der Waals surface area (Å²) < 4.78 is 5.20. The fraction of sp³-hybridized carbons (Fsp3) is 0.200. The van der Waals surface area contributed by atoms with E-state index in [1.807, 2.05) is 43.3 Å². The largest absolute Gasteiger partial charge is 0.417 e. The van der Waals surface area contributed by atoms with E-state index in [4.69, 9.17) is 4.74 Å². The molecule has 0 aliphatic carbocycles. The Bertz CT molecular complexity index is 993. The first kappa shape index (κ1) is 22.2. The van der Waals surface area contributed by atoms with Crippen LogP contribution in [0.1, 0.15) is 35.4 Å². The predicted molar refractivity (Wildman–Crippen MR) is 120 cm³/mol. The number of aliphatic hydroxyl groups excluding tert-OH is 1. The molecule has 2 unspecified atom stereocenters. The van der Waals surface area contributed by atoms with Crippen molar-refractivity contribution in [2.45, 2.75) is 25.5 Å². The van der Waals surface area contributed by atoms with Crippen LogP contribution in [0.25, 0.3) is 0 Å². The molecule has 0 aliphatic rings. The van der Waals surface area contributed by atoms with E-state index in [0.29, 0.717) is 23.5 Å². The molecule has 0 spiro atoms. The number of amides is 1. The molecule has 3 rings (SSSR count). The van der Waals surface area contributed by atoms with Crippen molar-refractivity contribution < 1.29 is 19.4 Å². The summed E-state index contributed by atoms with van der Waals surface area (Å²) in [4.78, 5) is 24.6. The highest BCUT2D eigenvalue weighted by Crippen LogP contribution is 2.17. The second-order valence-electron chi connectivity index (χ2n) is 7.18. The van der Waals surface area contributed by atoms with Gasteiger partial charge in [-0.15, -0.1) is 0 Å². The van der Waals surface area contributed by atoms with Gasteiger partial charge in [-0.25, -0.2) is 4.79 Å². The number of hydrogen-bond acceptors (Lipinski definition) is 5. The third kappa shape index (κ3) is 6.77. The van der Waals surface area contributed by atoms with E-state index >= 15 is 0 Å². The highest BCUT2D eigenvalue weighted by molar-refractivity contribution is 5.98. The Morgan fingerprint density at radius 1 is 0.935 bits per heavy atom. The lowest BCUT2D eigenvalue weighted by Gasteiger charge is -2.20. The number of carbonyl (C=O) groups is 2. The number of aliphatic hydroxyl groups is 1. The zero-order valence-corrected chi connectivity index (χ0v) is 17.3. The van der Waals surface area contributed by atoms with Gasteiger partial charge in [0.1, 0.15) is 5.75 Å². The van der Waals surface area contributed by atoms with Crippen LogP contribution >= 0.6 is 0 Å². The normalized spacial score (nSPS) is 12.6. The fourth-order valence-corrected chi connectivity index (χ4v) is 3.12. The van der Waals surface area contributed by atoms with Gasteiger partial charge in [0, 0.05) is 30.3 Å². The minimum absolute atomic E-state index is 0.0611. The van der Waals surface area contributed by atoms with Crippen LogP contribution in [0.3, 0.4) is 0 Å². The van der Waals surface area contributed by atoms with Gasteiger partial charge in [0.15, 0.2) is 5.78 Å². The van der Waals surface area contributed by atoms with E-state index in [1.54, 1.807) is 48.5 Å². The third-order valence-electron chi connectivity index (χ3n) is 4.82. The monoisotopic (exact) mass is 418 g/mol. The molecule has 0 bridgehead atoms. The van der Waals surface area contributed by atoms with E-state index in [0.717, 1.165) is 5.56 Å². The smallest absolute Gasteiger partial charge is 0.410 e. The van der Waals surface area contributed by atoms with Crippen molar-refractivity contribution in [3.05, 3.63) is 96.1 Å². The molecule has 0 radical (unpaired) electrons. The predicted octanol–water partition coefficient (Wildman–Crippen LogP) is 4.58. The molecule has 0 fully saturated rings. The average molecular weight is 418 g/mol. The zero-order chi connectivity index (χ0) is 22.1. The van der Waals surface area contributed by atoms with Gasteiger partial charge in [0.05, 0.1) is 6.10 Å². The topological polar surface area (TPSA) is 87.7 Å². The third-order valence-corrected chi connectivity index (χ3v) is 4.82. The number of benzene rings is 3. The summed E-state index contributed by atoms with van der Waals surface area (Å²) in [6, 6.07) is 24.7. The SMILES string of the molecule is CC(NCCC(=O)c1cccc(NC(=O)Oc2ccccc2)c1)C(O)c1ccccc1. The molecule has 0 saturated carbocycles. The van der Waals surface area contributed by atoms with E-state index in [-0.39, 0.29) is 18.2 Å². The molecule has 6 heteroatoms. The first-order chi connectivity index (χ1) is 15.0. The highest BCUT2D eigenvalue weighted by atomic mass is 16.6. The van der Waals surface area contributed by atoms with Crippen LogP contribution in [0.5, 0.6) is 5.75 Å². The van der Waals surface area contributed by atoms with Crippen LogP contribution in [0.2, 0.25) is 0 Å². The van der Waals surface area contributed by atoms with Crippen LogP contribution in [-0.2, 0) is 0 Å². The molecule has 6 nitrogen and oxygen atoms in total. The van der Waals surface area contributed by atoms with Crippen LogP contribution in [0.4, 0.5) is 10.5 Å². The van der Waals surface area contributed by atoms with Gasteiger partial charge in [-0.2, -0.15) is 0 Å². The quantitative estimate of drug-likeness (QED) is 0.443. The molecule has 31 heavy (non-hydrogen) atoms. The van der Waals surface area contributed by atoms with Crippen molar-refractivity contribution in [3.63, 3.8) is 0 Å². The first-order valence-electron chi connectivity index (χ1n) is 10.2. The van der Waals surface area contributed by atoms with E-state index in [9.17, 15) is 14.7 Å². The van der Waals surface area contributed by atoms with Crippen molar-refractivity contribution in [2.24, 2.45) is 0 Å². The van der Waals surface area contributed by atoms with Gasteiger partial charge in [-0.3, -0.25) is 10.1 Å². The van der Waals surface area contributed by atoms with Crippen LogP contribution in [0.15, 0.2) is 84.9 Å². The van der Waals surface area contributed by atoms with Gasteiger partial charge in [-0.1, -0.05) is 60.7 Å². The zero-order valence-electron chi connectivity index (χ0n) is 17.3. The Hall–Kier alpha value is -3.48. The summed E-state index contributed by atoms with van der Waals surface area (Å²) in [5, 5.41) is 16.2. The van der Waals surface area contributed by atoms with Gasteiger partial charge in [0.2, 0.25) is 0 Å².